The molecule has 0 unspecified atom stereocenters. The van der Waals surface area contributed by atoms with E-state index in [4.69, 9.17) is 0 Å². The minimum absolute atomic E-state index is 0.200. The molecule has 1 saturated heterocycles. The number of likely N-dealkylation sites (tertiary alicyclic amines) is 1. The number of fused-ring (bicyclic) bond motifs is 1. The van der Waals surface area contributed by atoms with Crippen molar-refractivity contribution in [2.75, 3.05) is 18.0 Å². The lowest BCUT2D eigenvalue weighted by Gasteiger charge is -2.24. The molecular weight excluding hydrogens is 418 g/mol. The Labute approximate surface area is 190 Å². The first-order valence-corrected chi connectivity index (χ1v) is 11.0. The summed E-state index contributed by atoms with van der Waals surface area (Å²) in [6.07, 6.45) is 1.37. The lowest BCUT2D eigenvalue weighted by atomic mass is 10.1. The van der Waals surface area contributed by atoms with Gasteiger partial charge in [-0.2, -0.15) is 0 Å². The summed E-state index contributed by atoms with van der Waals surface area (Å²) in [6.45, 7) is 1.99. The lowest BCUT2D eigenvalue weighted by molar-refractivity contribution is 0.154. The van der Waals surface area contributed by atoms with Crippen molar-refractivity contribution in [2.24, 2.45) is 0 Å². The van der Waals surface area contributed by atoms with Crippen LogP contribution in [0.2, 0.25) is 0 Å². The number of aromatic nitrogens is 3. The molecule has 5 rings (SSSR count). The van der Waals surface area contributed by atoms with E-state index in [1.54, 1.807) is 10.8 Å². The first-order valence-electron chi connectivity index (χ1n) is 11.0. The number of imidazole rings is 1. The van der Waals surface area contributed by atoms with Crippen LogP contribution in [0.3, 0.4) is 0 Å². The van der Waals surface area contributed by atoms with Crippen molar-refractivity contribution in [3.05, 3.63) is 94.5 Å². The largest absolute Gasteiger partial charge is 0.465 e. The average molecular weight is 444 g/mol. The minimum Gasteiger partial charge on any atom is -0.465 e. The number of hydrogen-bond donors (Lipinski definition) is 2. The van der Waals surface area contributed by atoms with Gasteiger partial charge in [0.25, 0.3) is 0 Å². The Kier molecular flexibility index (Phi) is 5.56. The normalized spacial score (nSPS) is 15.8. The summed E-state index contributed by atoms with van der Waals surface area (Å²) in [6, 6.07) is 21.9. The number of H-pyrrole nitrogens is 1. The van der Waals surface area contributed by atoms with Gasteiger partial charge in [-0.25, -0.2) is 14.6 Å². The third kappa shape index (κ3) is 4.19. The molecule has 1 fully saturated rings. The first-order chi connectivity index (χ1) is 16.1. The summed E-state index contributed by atoms with van der Waals surface area (Å²) in [5.41, 5.74) is 3.45. The van der Waals surface area contributed by atoms with Crippen LogP contribution in [0, 0.1) is 0 Å². The Bertz CT molecular complexity index is 1270. The molecule has 0 aliphatic carbocycles. The van der Waals surface area contributed by atoms with Crippen LogP contribution in [0.4, 0.5) is 10.6 Å². The summed E-state index contributed by atoms with van der Waals surface area (Å²) in [5.74, 6) is 0.698. The molecule has 3 heterocycles. The van der Waals surface area contributed by atoms with Crippen molar-refractivity contribution < 1.29 is 9.90 Å². The molecule has 33 heavy (non-hydrogen) atoms. The van der Waals surface area contributed by atoms with Crippen LogP contribution in [0.25, 0.3) is 11.0 Å². The second-order valence-corrected chi connectivity index (χ2v) is 8.33. The zero-order valence-electron chi connectivity index (χ0n) is 18.1. The molecule has 8 heteroatoms. The van der Waals surface area contributed by atoms with Crippen molar-refractivity contribution in [2.45, 2.75) is 25.6 Å². The van der Waals surface area contributed by atoms with Gasteiger partial charge in [-0.1, -0.05) is 60.7 Å². The van der Waals surface area contributed by atoms with Crippen molar-refractivity contribution in [1.82, 2.24) is 19.4 Å². The van der Waals surface area contributed by atoms with E-state index in [0.29, 0.717) is 43.9 Å². The number of pyridine rings is 1. The molecule has 0 saturated carbocycles. The first kappa shape index (κ1) is 20.8. The van der Waals surface area contributed by atoms with E-state index < -0.39 is 6.09 Å². The maximum Gasteiger partial charge on any atom is 0.407 e. The van der Waals surface area contributed by atoms with E-state index >= 15 is 0 Å². The number of carboxylic acid groups (broad SMARTS) is 1. The maximum atomic E-state index is 13.0. The molecule has 1 amide bonds. The van der Waals surface area contributed by atoms with E-state index in [1.165, 1.54) is 4.90 Å². The van der Waals surface area contributed by atoms with Gasteiger partial charge in [0.15, 0.2) is 5.82 Å². The predicted octanol–water partition coefficient (Wildman–Crippen LogP) is 3.86. The molecule has 0 bridgehead atoms. The van der Waals surface area contributed by atoms with E-state index in [-0.39, 0.29) is 11.7 Å². The number of amides is 1. The van der Waals surface area contributed by atoms with Crippen LogP contribution >= 0.6 is 0 Å². The third-order valence-corrected chi connectivity index (χ3v) is 6.15. The predicted molar refractivity (Wildman–Crippen MR) is 126 cm³/mol. The third-order valence-electron chi connectivity index (χ3n) is 6.15. The quantitative estimate of drug-likeness (QED) is 0.472. The van der Waals surface area contributed by atoms with E-state index in [9.17, 15) is 14.7 Å². The molecule has 2 N–H and O–H groups in total. The number of anilines is 1. The topological polar surface area (TPSA) is 94.5 Å². The number of nitrogens with one attached hydrogen (secondary N) is 1. The second-order valence-electron chi connectivity index (χ2n) is 8.33. The highest BCUT2D eigenvalue weighted by atomic mass is 16.4. The molecule has 2 aromatic carbocycles. The minimum atomic E-state index is -0.954. The lowest BCUT2D eigenvalue weighted by Crippen LogP contribution is -2.29. The van der Waals surface area contributed by atoms with Crippen LogP contribution in [0.1, 0.15) is 23.6 Å². The monoisotopic (exact) mass is 443 g/mol. The summed E-state index contributed by atoms with van der Waals surface area (Å²) >= 11 is 0. The summed E-state index contributed by atoms with van der Waals surface area (Å²) < 4.78 is 1.69. The van der Waals surface area contributed by atoms with Crippen molar-refractivity contribution in [3.63, 3.8) is 0 Å². The van der Waals surface area contributed by atoms with Crippen LogP contribution < -0.4 is 10.6 Å². The molecule has 1 aliphatic heterocycles. The fraction of sp³-hybridized carbons (Fsp3) is 0.240. The number of rotatable bonds is 6. The van der Waals surface area contributed by atoms with Crippen molar-refractivity contribution in [3.8, 4) is 0 Å². The second kappa shape index (κ2) is 8.82. The number of nitrogens with zero attached hydrogens (tertiary/aromatic N) is 4. The Morgan fingerprint density at radius 3 is 2.24 bits per heavy atom. The highest BCUT2D eigenvalue weighted by Gasteiger charge is 2.30. The van der Waals surface area contributed by atoms with Crippen LogP contribution in [0.5, 0.6) is 0 Å². The SMILES string of the molecule is O=C(O)N1CC[C@@H](n2c(=O)[nH]c3c(N(Cc4ccccc4)Cc4ccccc4)nccc32)C1. The van der Waals surface area contributed by atoms with Gasteiger partial charge in [-0.15, -0.1) is 0 Å². The van der Waals surface area contributed by atoms with Gasteiger partial charge in [0, 0.05) is 32.4 Å². The maximum absolute atomic E-state index is 13.0. The van der Waals surface area contributed by atoms with Crippen molar-refractivity contribution >= 4 is 22.9 Å². The standard InChI is InChI=1S/C25H25N5O3/c31-24-27-22-21(30(24)20-12-14-28(17-20)25(32)33)11-13-26-23(22)29(15-18-7-3-1-4-8-18)16-19-9-5-2-6-10-19/h1-11,13,20H,12,14-17H2,(H,27,31)(H,32,33)/t20-/m1/s1. The Morgan fingerprint density at radius 1 is 1.03 bits per heavy atom. The number of benzene rings is 2. The molecule has 0 radical (unpaired) electrons. The van der Waals surface area contributed by atoms with E-state index in [2.05, 4.69) is 39.1 Å². The van der Waals surface area contributed by atoms with Crippen LogP contribution in [-0.4, -0.2) is 43.7 Å². The summed E-state index contributed by atoms with van der Waals surface area (Å²) in [5, 5.41) is 9.32. The van der Waals surface area contributed by atoms with Gasteiger partial charge in [-0.3, -0.25) is 4.57 Å². The molecule has 8 nitrogen and oxygen atoms in total. The van der Waals surface area contributed by atoms with Gasteiger partial charge < -0.3 is 19.9 Å². The van der Waals surface area contributed by atoms with Gasteiger partial charge in [0.1, 0.15) is 5.52 Å². The number of hydrogen-bond acceptors (Lipinski definition) is 4. The molecule has 1 aliphatic rings. The molecule has 2 aromatic heterocycles. The van der Waals surface area contributed by atoms with E-state index in [1.807, 2.05) is 42.5 Å². The van der Waals surface area contributed by atoms with Gasteiger partial charge in [-0.05, 0) is 23.6 Å². The smallest absolute Gasteiger partial charge is 0.407 e. The average Bonchev–Trinajstić information content (AvgIpc) is 3.44. The van der Waals surface area contributed by atoms with Gasteiger partial charge in [0.05, 0.1) is 11.6 Å². The summed E-state index contributed by atoms with van der Waals surface area (Å²) in [7, 11) is 0. The number of carbonyl (C=O) groups is 1. The van der Waals surface area contributed by atoms with Crippen LogP contribution in [-0.2, 0) is 13.1 Å². The highest BCUT2D eigenvalue weighted by molar-refractivity contribution is 5.86. The Hall–Kier alpha value is -4.07. The molecule has 4 aromatic rings. The van der Waals surface area contributed by atoms with E-state index in [0.717, 1.165) is 16.6 Å². The van der Waals surface area contributed by atoms with Crippen molar-refractivity contribution in [1.29, 1.82) is 0 Å². The zero-order chi connectivity index (χ0) is 22.8. The van der Waals surface area contributed by atoms with Gasteiger partial charge >= 0.3 is 11.8 Å². The molecule has 1 atom stereocenters. The number of aromatic amines is 1. The fourth-order valence-corrected chi connectivity index (χ4v) is 4.58. The zero-order valence-corrected chi connectivity index (χ0v) is 18.1. The highest BCUT2D eigenvalue weighted by Crippen LogP contribution is 2.29. The fourth-order valence-electron chi connectivity index (χ4n) is 4.58. The Morgan fingerprint density at radius 2 is 1.67 bits per heavy atom. The molecular formula is C25H25N5O3. The Balaban J connectivity index is 1.56. The molecule has 0 spiro atoms. The molecule has 168 valence electrons. The van der Waals surface area contributed by atoms with Crippen LogP contribution in [0.15, 0.2) is 77.7 Å². The van der Waals surface area contributed by atoms with Gasteiger partial charge in [0.2, 0.25) is 0 Å². The summed E-state index contributed by atoms with van der Waals surface area (Å²) in [4.78, 5) is 35.5.